The summed E-state index contributed by atoms with van der Waals surface area (Å²) in [5.74, 6) is 0.875. The molecular weight excluding hydrogens is 252 g/mol. The first-order valence-corrected chi connectivity index (χ1v) is 5.91. The molecule has 0 aliphatic carbocycles. The van der Waals surface area contributed by atoms with Gasteiger partial charge < -0.3 is 9.15 Å². The van der Waals surface area contributed by atoms with Crippen LogP contribution in [0.5, 0.6) is 11.8 Å². The summed E-state index contributed by atoms with van der Waals surface area (Å²) in [6.07, 6.45) is 3.27. The first-order chi connectivity index (χ1) is 8.85. The molecule has 0 atom stereocenters. The second-order valence-electron chi connectivity index (χ2n) is 3.70. The maximum absolute atomic E-state index is 5.63. The normalized spacial score (nSPS) is 10.7. The summed E-state index contributed by atoms with van der Waals surface area (Å²) in [7, 11) is 0. The Hall–Kier alpha value is -2.07. The number of ether oxygens (including phenoxy) is 1. The number of fused-ring (bicyclic) bond motifs is 1. The molecule has 0 fully saturated rings. The minimum Gasteiger partial charge on any atom is -0.417 e. The lowest BCUT2D eigenvalue weighted by molar-refractivity contribution is 0.330. The smallest absolute Gasteiger partial charge is 0.399 e. The van der Waals surface area contributed by atoms with Crippen LogP contribution in [0.1, 0.15) is 5.69 Å². The number of pyridine rings is 1. The predicted octanol–water partition coefficient (Wildman–Crippen LogP) is 3.75. The van der Waals surface area contributed by atoms with E-state index >= 15 is 0 Å². The van der Waals surface area contributed by atoms with Gasteiger partial charge in [-0.1, -0.05) is 18.2 Å². The van der Waals surface area contributed by atoms with Crippen LogP contribution in [0, 0.1) is 0 Å². The number of para-hydroxylation sites is 1. The minimum absolute atomic E-state index is 0.169. The quantitative estimate of drug-likeness (QED) is 0.673. The van der Waals surface area contributed by atoms with Crippen molar-refractivity contribution in [1.29, 1.82) is 0 Å². The molecule has 0 radical (unpaired) electrons. The van der Waals surface area contributed by atoms with Crippen LogP contribution in [-0.2, 0) is 5.88 Å². The van der Waals surface area contributed by atoms with E-state index in [2.05, 4.69) is 9.97 Å². The Kier molecular flexibility index (Phi) is 2.86. The van der Waals surface area contributed by atoms with Gasteiger partial charge in [0.15, 0.2) is 5.75 Å². The largest absolute Gasteiger partial charge is 0.417 e. The molecule has 18 heavy (non-hydrogen) atoms. The predicted molar refractivity (Wildman–Crippen MR) is 67.9 cm³/mol. The average Bonchev–Trinajstić information content (AvgIpc) is 2.86. The number of halogens is 1. The maximum atomic E-state index is 5.63. The van der Waals surface area contributed by atoms with Crippen molar-refractivity contribution in [2.75, 3.05) is 0 Å². The Labute approximate surface area is 108 Å². The number of hydrogen-bond donors (Lipinski definition) is 0. The maximum Gasteiger partial charge on any atom is 0.399 e. The van der Waals surface area contributed by atoms with Crippen LogP contribution < -0.4 is 4.74 Å². The van der Waals surface area contributed by atoms with Crippen LogP contribution in [0.3, 0.4) is 0 Å². The lowest BCUT2D eigenvalue weighted by Crippen LogP contribution is -1.87. The van der Waals surface area contributed by atoms with Gasteiger partial charge in [0.2, 0.25) is 0 Å². The van der Waals surface area contributed by atoms with Crippen molar-refractivity contribution in [3.05, 3.63) is 48.5 Å². The van der Waals surface area contributed by atoms with Crippen molar-refractivity contribution in [3.8, 4) is 11.8 Å². The fraction of sp³-hybridized carbons (Fsp3) is 0.0769. The second-order valence-corrected chi connectivity index (χ2v) is 3.97. The third kappa shape index (κ3) is 2.15. The van der Waals surface area contributed by atoms with Crippen molar-refractivity contribution < 1.29 is 9.15 Å². The van der Waals surface area contributed by atoms with Gasteiger partial charge in [0.05, 0.1) is 23.3 Å². The second kappa shape index (κ2) is 4.66. The molecule has 4 nitrogen and oxygen atoms in total. The lowest BCUT2D eigenvalue weighted by Gasteiger charge is -2.01. The zero-order valence-electron chi connectivity index (χ0n) is 9.34. The van der Waals surface area contributed by atoms with Crippen LogP contribution in [-0.4, -0.2) is 9.97 Å². The topological polar surface area (TPSA) is 48.2 Å². The molecule has 2 aromatic heterocycles. The van der Waals surface area contributed by atoms with E-state index in [-0.39, 0.29) is 6.08 Å². The SMILES string of the molecule is ClCc1coc(Oc2cnc3ccccc3c2)n1. The molecule has 1 aromatic carbocycles. The summed E-state index contributed by atoms with van der Waals surface area (Å²) >= 11 is 5.63. The molecular formula is C13H9ClN2O2. The molecule has 0 bridgehead atoms. The molecule has 0 aliphatic rings. The van der Waals surface area contributed by atoms with Gasteiger partial charge in [-0.3, -0.25) is 4.98 Å². The summed E-state index contributed by atoms with van der Waals surface area (Å²) in [6, 6.07) is 9.68. The van der Waals surface area contributed by atoms with E-state index in [0.717, 1.165) is 10.9 Å². The first-order valence-electron chi connectivity index (χ1n) is 5.38. The fourth-order valence-electron chi connectivity index (χ4n) is 1.60. The number of nitrogens with zero attached hydrogens (tertiary/aromatic N) is 2. The molecule has 0 saturated carbocycles. The number of hydrogen-bond acceptors (Lipinski definition) is 4. The molecule has 0 aliphatic heterocycles. The average molecular weight is 261 g/mol. The molecule has 0 saturated heterocycles. The van der Waals surface area contributed by atoms with E-state index in [4.69, 9.17) is 20.8 Å². The molecule has 0 N–H and O–H groups in total. The number of aromatic nitrogens is 2. The van der Waals surface area contributed by atoms with E-state index < -0.39 is 0 Å². The highest BCUT2D eigenvalue weighted by molar-refractivity contribution is 6.16. The third-order valence-corrected chi connectivity index (χ3v) is 2.71. The van der Waals surface area contributed by atoms with Gasteiger partial charge in [-0.15, -0.1) is 11.6 Å². The molecule has 5 heteroatoms. The Balaban J connectivity index is 1.90. The molecule has 2 heterocycles. The number of benzene rings is 1. The number of alkyl halides is 1. The lowest BCUT2D eigenvalue weighted by atomic mass is 10.2. The van der Waals surface area contributed by atoms with Gasteiger partial charge in [0, 0.05) is 5.39 Å². The van der Waals surface area contributed by atoms with E-state index in [0.29, 0.717) is 17.3 Å². The van der Waals surface area contributed by atoms with E-state index in [9.17, 15) is 0 Å². The van der Waals surface area contributed by atoms with Gasteiger partial charge in [0.1, 0.15) is 6.26 Å². The van der Waals surface area contributed by atoms with Crippen molar-refractivity contribution in [2.45, 2.75) is 5.88 Å². The first kappa shape index (κ1) is 11.0. The number of rotatable bonds is 3. The van der Waals surface area contributed by atoms with Crippen LogP contribution in [0.4, 0.5) is 0 Å². The highest BCUT2D eigenvalue weighted by Crippen LogP contribution is 2.23. The fourth-order valence-corrected chi connectivity index (χ4v) is 1.73. The molecule has 0 unspecified atom stereocenters. The van der Waals surface area contributed by atoms with Gasteiger partial charge in [0.25, 0.3) is 0 Å². The summed E-state index contributed by atoms with van der Waals surface area (Å²) in [6.45, 7) is 0. The van der Waals surface area contributed by atoms with Gasteiger partial charge in [-0.2, -0.15) is 4.98 Å². The van der Waals surface area contributed by atoms with Crippen LogP contribution in [0.2, 0.25) is 0 Å². The van der Waals surface area contributed by atoms with Crippen molar-refractivity contribution in [2.24, 2.45) is 0 Å². The minimum atomic E-state index is 0.169. The van der Waals surface area contributed by atoms with E-state index in [1.807, 2.05) is 30.3 Å². The number of oxazole rings is 1. The van der Waals surface area contributed by atoms with Gasteiger partial charge >= 0.3 is 6.08 Å². The van der Waals surface area contributed by atoms with Crippen molar-refractivity contribution in [1.82, 2.24) is 9.97 Å². The van der Waals surface area contributed by atoms with E-state index in [1.165, 1.54) is 6.26 Å². The summed E-state index contributed by atoms with van der Waals surface area (Å²) < 4.78 is 10.6. The Morgan fingerprint density at radius 2 is 2.17 bits per heavy atom. The van der Waals surface area contributed by atoms with Crippen LogP contribution in [0.15, 0.2) is 47.2 Å². The highest BCUT2D eigenvalue weighted by atomic mass is 35.5. The summed E-state index contributed by atoms with van der Waals surface area (Å²) in [4.78, 5) is 8.34. The standard InChI is InChI=1S/C13H9ClN2O2/c14-6-10-8-17-13(16-10)18-11-5-9-3-1-2-4-12(9)15-7-11/h1-5,7-8H,6H2. The zero-order valence-corrected chi connectivity index (χ0v) is 10.1. The Morgan fingerprint density at radius 1 is 1.28 bits per heavy atom. The molecule has 3 aromatic rings. The van der Waals surface area contributed by atoms with Gasteiger partial charge in [-0.05, 0) is 12.1 Å². The molecule has 0 spiro atoms. The van der Waals surface area contributed by atoms with Gasteiger partial charge in [-0.25, -0.2) is 0 Å². The molecule has 3 rings (SSSR count). The summed E-state index contributed by atoms with van der Waals surface area (Å²) in [5.41, 5.74) is 1.55. The third-order valence-electron chi connectivity index (χ3n) is 2.44. The van der Waals surface area contributed by atoms with E-state index in [1.54, 1.807) is 6.20 Å². The van der Waals surface area contributed by atoms with Crippen LogP contribution >= 0.6 is 11.6 Å². The summed E-state index contributed by atoms with van der Waals surface area (Å²) in [5, 5.41) is 0.999. The highest BCUT2D eigenvalue weighted by Gasteiger charge is 2.06. The molecule has 90 valence electrons. The monoisotopic (exact) mass is 260 g/mol. The van der Waals surface area contributed by atoms with Crippen molar-refractivity contribution in [3.63, 3.8) is 0 Å². The van der Waals surface area contributed by atoms with Crippen molar-refractivity contribution >= 4 is 22.5 Å². The van der Waals surface area contributed by atoms with Crippen LogP contribution in [0.25, 0.3) is 10.9 Å². The Morgan fingerprint density at radius 3 is 3.00 bits per heavy atom. The Bertz CT molecular complexity index is 681. The zero-order chi connectivity index (χ0) is 12.4. The molecule has 0 amide bonds.